The van der Waals surface area contributed by atoms with E-state index < -0.39 is 4.92 Å². The van der Waals surface area contributed by atoms with Gasteiger partial charge < -0.3 is 14.7 Å². The van der Waals surface area contributed by atoms with Crippen LogP contribution in [0.15, 0.2) is 18.2 Å². The summed E-state index contributed by atoms with van der Waals surface area (Å²) in [7, 11) is 0. The van der Waals surface area contributed by atoms with Crippen molar-refractivity contribution < 1.29 is 24.4 Å². The zero-order valence-electron chi connectivity index (χ0n) is 15.3. The van der Waals surface area contributed by atoms with E-state index in [1.165, 1.54) is 31.0 Å². The molecule has 0 saturated heterocycles. The number of ether oxygens (including phenoxy) is 1. The van der Waals surface area contributed by atoms with Crippen molar-refractivity contribution in [3.8, 4) is 5.75 Å². The Balaban J connectivity index is 1.79. The van der Waals surface area contributed by atoms with Gasteiger partial charge in [0.15, 0.2) is 6.29 Å². The minimum Gasteiger partial charge on any atom is -0.494 e. The first kappa shape index (κ1) is 20.8. The van der Waals surface area contributed by atoms with E-state index in [1.54, 1.807) is 4.90 Å². The van der Waals surface area contributed by atoms with Crippen LogP contribution in [0.2, 0.25) is 0 Å². The number of nitrogens with zero attached hydrogens (tertiary/aromatic N) is 2. The molecule has 0 unspecified atom stereocenters. The van der Waals surface area contributed by atoms with E-state index in [0.29, 0.717) is 43.9 Å². The van der Waals surface area contributed by atoms with Gasteiger partial charge in [-0.25, -0.2) is 0 Å². The fourth-order valence-electron chi connectivity index (χ4n) is 3.40. The monoisotopic (exact) mass is 378 g/mol. The second kappa shape index (κ2) is 10.6. The molecule has 2 rings (SSSR count). The normalized spacial score (nSPS) is 14.1. The highest BCUT2D eigenvalue weighted by Gasteiger charge is 2.21. The fourth-order valence-corrected chi connectivity index (χ4v) is 3.40. The Morgan fingerprint density at radius 2 is 2.11 bits per heavy atom. The number of aliphatic hydroxyl groups is 1. The van der Waals surface area contributed by atoms with E-state index in [2.05, 4.69) is 0 Å². The second-order valence-corrected chi connectivity index (χ2v) is 6.76. The topological polar surface area (TPSA) is 110 Å². The molecule has 0 spiro atoms. The number of amides is 1. The maximum Gasteiger partial charge on any atom is 0.280 e. The van der Waals surface area contributed by atoms with Gasteiger partial charge in [0.25, 0.3) is 5.69 Å². The number of hydrogen-bond donors (Lipinski definition) is 1. The van der Waals surface area contributed by atoms with Crippen LogP contribution in [0.4, 0.5) is 5.69 Å². The summed E-state index contributed by atoms with van der Waals surface area (Å²) >= 11 is 0. The molecule has 0 radical (unpaired) electrons. The third-order valence-corrected chi connectivity index (χ3v) is 4.80. The summed E-state index contributed by atoms with van der Waals surface area (Å²) in [5.74, 6) is 0.878. The van der Waals surface area contributed by atoms with Crippen LogP contribution in [-0.4, -0.2) is 53.4 Å². The molecule has 0 bridgehead atoms. The highest BCUT2D eigenvalue weighted by Crippen LogP contribution is 2.26. The fraction of sp³-hybridized carbons (Fsp3) is 0.579. The molecule has 0 aromatic heterocycles. The molecule has 1 aromatic carbocycles. The Morgan fingerprint density at radius 3 is 2.74 bits per heavy atom. The number of carbonyl (C=O) groups is 2. The van der Waals surface area contributed by atoms with Crippen LogP contribution in [0, 0.1) is 16.0 Å². The van der Waals surface area contributed by atoms with Crippen molar-refractivity contribution in [1.29, 1.82) is 0 Å². The molecule has 0 atom stereocenters. The lowest BCUT2D eigenvalue weighted by molar-refractivity contribution is -0.385. The van der Waals surface area contributed by atoms with Crippen molar-refractivity contribution in [3.05, 3.63) is 33.9 Å². The molecule has 0 aliphatic heterocycles. The molecule has 27 heavy (non-hydrogen) atoms. The Hall–Kier alpha value is -2.48. The molecule has 1 aliphatic carbocycles. The van der Waals surface area contributed by atoms with Gasteiger partial charge in [0.2, 0.25) is 5.91 Å². The molecular weight excluding hydrogens is 352 g/mol. The maximum absolute atomic E-state index is 12.4. The molecule has 8 nitrogen and oxygen atoms in total. The third-order valence-electron chi connectivity index (χ3n) is 4.80. The van der Waals surface area contributed by atoms with Crippen molar-refractivity contribution in [1.82, 2.24) is 4.90 Å². The summed E-state index contributed by atoms with van der Waals surface area (Å²) in [5.41, 5.74) is -0.307. The SMILES string of the molecule is O=Cc1cc(OCCCC(=O)N(CCO)CC2CCCC2)ccc1[N+](=O)[O-]. The van der Waals surface area contributed by atoms with Gasteiger partial charge in [-0.3, -0.25) is 19.7 Å². The number of rotatable bonds is 11. The first-order chi connectivity index (χ1) is 13.0. The molecule has 1 N–H and O–H groups in total. The third kappa shape index (κ3) is 6.32. The molecule has 8 heteroatoms. The van der Waals surface area contributed by atoms with Gasteiger partial charge in [0.1, 0.15) is 5.75 Å². The van der Waals surface area contributed by atoms with Crippen LogP contribution in [0.5, 0.6) is 5.75 Å². The standard InChI is InChI=1S/C19H26N2O6/c22-10-9-20(13-15-4-1-2-5-15)19(24)6-3-11-27-17-7-8-18(21(25)26)16(12-17)14-23/h7-8,12,14-15,22H,1-6,9-11,13H2. The maximum atomic E-state index is 12.4. The number of aldehydes is 1. The molecule has 1 saturated carbocycles. The predicted octanol–water partition coefficient (Wildman–Crippen LogP) is 2.58. The first-order valence-electron chi connectivity index (χ1n) is 9.30. The van der Waals surface area contributed by atoms with Crippen LogP contribution in [0.1, 0.15) is 48.9 Å². The summed E-state index contributed by atoms with van der Waals surface area (Å²) in [5, 5.41) is 20.0. The zero-order chi connectivity index (χ0) is 19.6. The highest BCUT2D eigenvalue weighted by molar-refractivity contribution is 5.82. The summed E-state index contributed by atoms with van der Waals surface area (Å²) in [6.07, 6.45) is 5.90. The van der Waals surface area contributed by atoms with Gasteiger partial charge >= 0.3 is 0 Å². The smallest absolute Gasteiger partial charge is 0.280 e. The molecule has 1 aliphatic rings. The van der Waals surface area contributed by atoms with Crippen molar-refractivity contribution >= 4 is 17.9 Å². The van der Waals surface area contributed by atoms with Crippen LogP contribution in [0.3, 0.4) is 0 Å². The lowest BCUT2D eigenvalue weighted by atomic mass is 10.1. The van der Waals surface area contributed by atoms with Crippen LogP contribution in [0.25, 0.3) is 0 Å². The minimum absolute atomic E-state index is 0.00294. The Morgan fingerprint density at radius 1 is 1.37 bits per heavy atom. The number of nitro groups is 1. The summed E-state index contributed by atoms with van der Waals surface area (Å²) in [6.45, 7) is 1.26. The van der Waals surface area contributed by atoms with Gasteiger partial charge in [-0.15, -0.1) is 0 Å². The predicted molar refractivity (Wildman–Crippen MR) is 98.8 cm³/mol. The average Bonchev–Trinajstić information content (AvgIpc) is 3.17. The Kier molecular flexibility index (Phi) is 8.19. The molecule has 1 amide bonds. The lowest BCUT2D eigenvalue weighted by Gasteiger charge is -2.25. The van der Waals surface area contributed by atoms with Crippen molar-refractivity contribution in [2.75, 3.05) is 26.3 Å². The largest absolute Gasteiger partial charge is 0.494 e. The Labute approximate surface area is 158 Å². The molecule has 148 valence electrons. The van der Waals surface area contributed by atoms with E-state index in [9.17, 15) is 24.8 Å². The summed E-state index contributed by atoms with van der Waals surface area (Å²) in [6, 6.07) is 3.99. The number of aliphatic hydroxyl groups excluding tert-OH is 1. The number of nitro benzene ring substituents is 1. The number of hydrogen-bond acceptors (Lipinski definition) is 6. The minimum atomic E-state index is -0.619. The summed E-state index contributed by atoms with van der Waals surface area (Å²) in [4.78, 5) is 35.3. The highest BCUT2D eigenvalue weighted by atomic mass is 16.6. The van der Waals surface area contributed by atoms with E-state index in [0.717, 1.165) is 12.8 Å². The Bertz CT molecular complexity index is 658. The van der Waals surface area contributed by atoms with Crippen molar-refractivity contribution in [2.45, 2.75) is 38.5 Å². The van der Waals surface area contributed by atoms with Crippen LogP contribution >= 0.6 is 0 Å². The van der Waals surface area contributed by atoms with Gasteiger partial charge in [-0.2, -0.15) is 0 Å². The second-order valence-electron chi connectivity index (χ2n) is 6.76. The van der Waals surface area contributed by atoms with Crippen LogP contribution in [-0.2, 0) is 4.79 Å². The van der Waals surface area contributed by atoms with E-state index in [1.807, 2.05) is 0 Å². The lowest BCUT2D eigenvalue weighted by Crippen LogP contribution is -2.37. The molecule has 0 heterocycles. The van der Waals surface area contributed by atoms with Crippen LogP contribution < -0.4 is 4.74 Å². The molecular formula is C19H26N2O6. The van der Waals surface area contributed by atoms with E-state index in [-0.39, 0.29) is 30.4 Å². The quantitative estimate of drug-likeness (QED) is 0.274. The molecule has 1 aromatic rings. The average molecular weight is 378 g/mol. The number of benzene rings is 1. The summed E-state index contributed by atoms with van der Waals surface area (Å²) < 4.78 is 5.51. The van der Waals surface area contributed by atoms with Gasteiger partial charge in [-0.1, -0.05) is 12.8 Å². The van der Waals surface area contributed by atoms with Crippen molar-refractivity contribution in [3.63, 3.8) is 0 Å². The number of carbonyl (C=O) groups excluding carboxylic acids is 2. The molecule has 1 fully saturated rings. The van der Waals surface area contributed by atoms with Gasteiger partial charge in [0.05, 0.1) is 23.7 Å². The van der Waals surface area contributed by atoms with Gasteiger partial charge in [0, 0.05) is 25.6 Å². The first-order valence-corrected chi connectivity index (χ1v) is 9.30. The zero-order valence-corrected chi connectivity index (χ0v) is 15.3. The van der Waals surface area contributed by atoms with E-state index >= 15 is 0 Å². The van der Waals surface area contributed by atoms with Crippen molar-refractivity contribution in [2.24, 2.45) is 5.92 Å². The van der Waals surface area contributed by atoms with E-state index in [4.69, 9.17) is 4.74 Å². The van der Waals surface area contributed by atoms with Gasteiger partial charge in [-0.05, 0) is 37.3 Å².